The van der Waals surface area contributed by atoms with Crippen molar-refractivity contribution >= 4 is 21.7 Å². The molecule has 0 fully saturated rings. The molecule has 1 aromatic rings. The van der Waals surface area contributed by atoms with Gasteiger partial charge in [-0.1, -0.05) is 27.7 Å². The van der Waals surface area contributed by atoms with E-state index in [-0.39, 0.29) is 5.92 Å². The van der Waals surface area contributed by atoms with Crippen molar-refractivity contribution in [3.8, 4) is 0 Å². The minimum atomic E-state index is 0.0992. The third-order valence-electron chi connectivity index (χ3n) is 3.54. The van der Waals surface area contributed by atoms with Gasteiger partial charge in [0.05, 0.1) is 15.9 Å². The smallest absolute Gasteiger partial charge is 0.141 e. The van der Waals surface area contributed by atoms with Gasteiger partial charge in [-0.3, -0.25) is 9.48 Å². The molecule has 1 rings (SSSR count). The molecule has 0 aliphatic carbocycles. The molecule has 0 aromatic carbocycles. The Morgan fingerprint density at radius 3 is 2.39 bits per heavy atom. The summed E-state index contributed by atoms with van der Waals surface area (Å²) in [6, 6.07) is 0. The first kappa shape index (κ1) is 15.4. The van der Waals surface area contributed by atoms with E-state index in [9.17, 15) is 4.79 Å². The minimum Gasteiger partial charge on any atom is -0.299 e. The Morgan fingerprint density at radius 2 is 1.94 bits per heavy atom. The number of rotatable bonds is 6. The maximum Gasteiger partial charge on any atom is 0.141 e. The summed E-state index contributed by atoms with van der Waals surface area (Å²) in [5.41, 5.74) is 2.06. The summed E-state index contributed by atoms with van der Waals surface area (Å²) in [6.45, 7) is 11.1. The van der Waals surface area contributed by atoms with E-state index in [1.807, 2.05) is 11.6 Å². The summed E-state index contributed by atoms with van der Waals surface area (Å²) in [5, 5.41) is 4.52. The molecule has 4 heteroatoms. The quantitative estimate of drug-likeness (QED) is 0.803. The molecule has 18 heavy (non-hydrogen) atoms. The predicted octanol–water partition coefficient (Wildman–Crippen LogP) is 3.63. The standard InChI is InChI=1S/C14H23BrN2O/c1-6-11-14(15)12(17(7-2)16-11)8-13(18)10(5)9(3)4/h9-10H,6-8H2,1-5H3. The molecule has 0 bridgehead atoms. The molecule has 0 saturated heterocycles. The lowest BCUT2D eigenvalue weighted by Crippen LogP contribution is -2.20. The maximum atomic E-state index is 12.2. The van der Waals surface area contributed by atoms with Crippen LogP contribution in [-0.2, 0) is 24.2 Å². The summed E-state index contributed by atoms with van der Waals surface area (Å²) in [6.07, 6.45) is 1.36. The average Bonchev–Trinajstić information content (AvgIpc) is 2.65. The summed E-state index contributed by atoms with van der Waals surface area (Å²) in [5.74, 6) is 0.782. The number of hydrogen-bond donors (Lipinski definition) is 0. The Labute approximate surface area is 118 Å². The van der Waals surface area contributed by atoms with Crippen LogP contribution in [0, 0.1) is 11.8 Å². The van der Waals surface area contributed by atoms with Crippen molar-refractivity contribution in [2.24, 2.45) is 11.8 Å². The van der Waals surface area contributed by atoms with Gasteiger partial charge in [0.25, 0.3) is 0 Å². The molecule has 0 spiro atoms. The van der Waals surface area contributed by atoms with Crippen LogP contribution in [0.3, 0.4) is 0 Å². The van der Waals surface area contributed by atoms with Crippen molar-refractivity contribution in [1.29, 1.82) is 0 Å². The van der Waals surface area contributed by atoms with Crippen LogP contribution in [0.15, 0.2) is 4.47 Å². The number of aryl methyl sites for hydroxylation is 2. The maximum absolute atomic E-state index is 12.2. The molecule has 0 N–H and O–H groups in total. The zero-order valence-electron chi connectivity index (χ0n) is 12.0. The summed E-state index contributed by atoms with van der Waals surface area (Å²) in [4.78, 5) is 12.2. The first-order valence-corrected chi connectivity index (χ1v) is 7.48. The second-order valence-corrected chi connectivity index (χ2v) is 5.85. The number of Topliss-reactive ketones (excluding diaryl/α,β-unsaturated/α-hetero) is 1. The van der Waals surface area contributed by atoms with E-state index in [2.05, 4.69) is 48.7 Å². The highest BCUT2D eigenvalue weighted by Gasteiger charge is 2.21. The molecule has 0 saturated carbocycles. The lowest BCUT2D eigenvalue weighted by molar-refractivity contribution is -0.123. The van der Waals surface area contributed by atoms with Crippen LogP contribution >= 0.6 is 15.9 Å². The van der Waals surface area contributed by atoms with E-state index < -0.39 is 0 Å². The first-order valence-electron chi connectivity index (χ1n) is 6.69. The molecule has 102 valence electrons. The third kappa shape index (κ3) is 3.22. The fourth-order valence-corrected chi connectivity index (χ4v) is 2.59. The predicted molar refractivity (Wildman–Crippen MR) is 77.7 cm³/mol. The van der Waals surface area contributed by atoms with E-state index in [1.54, 1.807) is 0 Å². The van der Waals surface area contributed by atoms with Gasteiger partial charge in [0.1, 0.15) is 5.78 Å². The Morgan fingerprint density at radius 1 is 1.33 bits per heavy atom. The van der Waals surface area contributed by atoms with Crippen molar-refractivity contribution in [2.75, 3.05) is 0 Å². The van der Waals surface area contributed by atoms with Gasteiger partial charge in [0, 0.05) is 18.9 Å². The molecule has 3 nitrogen and oxygen atoms in total. The highest BCUT2D eigenvalue weighted by atomic mass is 79.9. The SMILES string of the molecule is CCc1nn(CC)c(CC(=O)C(C)C(C)C)c1Br. The number of hydrogen-bond acceptors (Lipinski definition) is 2. The normalized spacial score (nSPS) is 13.1. The lowest BCUT2D eigenvalue weighted by Gasteiger charge is -2.14. The van der Waals surface area contributed by atoms with Gasteiger partial charge in [-0.25, -0.2) is 0 Å². The number of carbonyl (C=O) groups is 1. The topological polar surface area (TPSA) is 34.9 Å². The number of carbonyl (C=O) groups excluding carboxylic acids is 1. The van der Waals surface area contributed by atoms with Gasteiger partial charge in [-0.15, -0.1) is 0 Å². The second kappa shape index (κ2) is 6.50. The van der Waals surface area contributed by atoms with E-state index in [4.69, 9.17) is 0 Å². The fraction of sp³-hybridized carbons (Fsp3) is 0.714. The first-order chi connectivity index (χ1) is 8.42. The molecule has 1 unspecified atom stereocenters. The number of ketones is 1. The molecular formula is C14H23BrN2O. The van der Waals surface area contributed by atoms with E-state index in [0.29, 0.717) is 18.1 Å². The van der Waals surface area contributed by atoms with Crippen molar-refractivity contribution in [2.45, 2.75) is 54.0 Å². The van der Waals surface area contributed by atoms with Crippen molar-refractivity contribution < 1.29 is 4.79 Å². The highest BCUT2D eigenvalue weighted by Crippen LogP contribution is 2.24. The molecule has 0 aliphatic heterocycles. The molecule has 0 amide bonds. The van der Waals surface area contributed by atoms with Gasteiger partial charge in [0.15, 0.2) is 0 Å². The monoisotopic (exact) mass is 314 g/mol. The summed E-state index contributed by atoms with van der Waals surface area (Å²) in [7, 11) is 0. The van der Waals surface area contributed by atoms with Crippen LogP contribution < -0.4 is 0 Å². The van der Waals surface area contributed by atoms with Gasteiger partial charge in [0.2, 0.25) is 0 Å². The van der Waals surface area contributed by atoms with Crippen LogP contribution in [0.1, 0.15) is 46.0 Å². The van der Waals surface area contributed by atoms with Gasteiger partial charge < -0.3 is 0 Å². The van der Waals surface area contributed by atoms with E-state index in [1.165, 1.54) is 0 Å². The summed E-state index contributed by atoms with van der Waals surface area (Å²) >= 11 is 3.58. The fourth-order valence-electron chi connectivity index (χ4n) is 1.88. The number of aromatic nitrogens is 2. The zero-order chi connectivity index (χ0) is 13.9. The van der Waals surface area contributed by atoms with Gasteiger partial charge >= 0.3 is 0 Å². The van der Waals surface area contributed by atoms with Crippen molar-refractivity contribution in [3.05, 3.63) is 15.9 Å². The molecule has 1 heterocycles. The second-order valence-electron chi connectivity index (χ2n) is 5.05. The van der Waals surface area contributed by atoms with Gasteiger partial charge in [-0.05, 0) is 35.2 Å². The van der Waals surface area contributed by atoms with Crippen molar-refractivity contribution in [3.63, 3.8) is 0 Å². The van der Waals surface area contributed by atoms with E-state index in [0.717, 1.165) is 28.8 Å². The Bertz CT molecular complexity index is 424. The largest absolute Gasteiger partial charge is 0.299 e. The highest BCUT2D eigenvalue weighted by molar-refractivity contribution is 9.10. The summed E-state index contributed by atoms with van der Waals surface area (Å²) < 4.78 is 2.95. The molecule has 1 atom stereocenters. The third-order valence-corrected chi connectivity index (χ3v) is 4.46. The molecule has 0 radical (unpaired) electrons. The Kier molecular flexibility index (Phi) is 5.57. The van der Waals surface area contributed by atoms with E-state index >= 15 is 0 Å². The van der Waals surface area contributed by atoms with Gasteiger partial charge in [-0.2, -0.15) is 5.10 Å². The van der Waals surface area contributed by atoms with Crippen LogP contribution in [0.25, 0.3) is 0 Å². The zero-order valence-corrected chi connectivity index (χ0v) is 13.5. The average molecular weight is 315 g/mol. The number of halogens is 1. The molecule has 1 aromatic heterocycles. The van der Waals surface area contributed by atoms with Crippen molar-refractivity contribution in [1.82, 2.24) is 9.78 Å². The minimum absolute atomic E-state index is 0.0992. The Hall–Kier alpha value is -0.640. The molecule has 0 aliphatic rings. The number of nitrogens with zero attached hydrogens (tertiary/aromatic N) is 2. The lowest BCUT2D eigenvalue weighted by atomic mass is 9.91. The molecular weight excluding hydrogens is 292 g/mol. The van der Waals surface area contributed by atoms with Crippen LogP contribution in [-0.4, -0.2) is 15.6 Å². The van der Waals surface area contributed by atoms with Crippen LogP contribution in [0.4, 0.5) is 0 Å². The Balaban J connectivity index is 2.96. The van der Waals surface area contributed by atoms with Crippen LogP contribution in [0.5, 0.6) is 0 Å². The van der Waals surface area contributed by atoms with Crippen LogP contribution in [0.2, 0.25) is 0 Å².